The molecule has 0 aromatic heterocycles. The van der Waals surface area contributed by atoms with Gasteiger partial charge in [0.15, 0.2) is 23.0 Å². The van der Waals surface area contributed by atoms with Crippen molar-refractivity contribution in [3.05, 3.63) is 41.5 Å². The molecule has 0 spiro atoms. The van der Waals surface area contributed by atoms with E-state index in [0.29, 0.717) is 35.2 Å². The average molecular weight is 361 g/mol. The third-order valence-electron chi connectivity index (χ3n) is 4.34. The van der Waals surface area contributed by atoms with E-state index >= 15 is 0 Å². The summed E-state index contributed by atoms with van der Waals surface area (Å²) in [4.78, 5) is 0. The zero-order valence-corrected chi connectivity index (χ0v) is 16.2. The number of nitrogens with two attached hydrogens (primary N) is 1. The standard InChI is InChI=1S/C20H27NO5/c1-20(21,14-7-8-15(22-2)16(11-14)23-3)12-13-9-17(24-4)19(26-6)18(10-13)25-5/h7-11H,12,21H2,1-6H3. The molecular formula is C20H27NO5. The van der Waals surface area contributed by atoms with Crippen LogP contribution in [0.1, 0.15) is 18.1 Å². The van der Waals surface area contributed by atoms with E-state index in [0.717, 1.165) is 11.1 Å². The number of methoxy groups -OCH3 is 5. The van der Waals surface area contributed by atoms with Gasteiger partial charge in [-0.05, 0) is 48.7 Å². The van der Waals surface area contributed by atoms with Gasteiger partial charge in [0, 0.05) is 5.54 Å². The third kappa shape index (κ3) is 3.96. The molecule has 0 aliphatic carbocycles. The lowest BCUT2D eigenvalue weighted by atomic mass is 9.86. The molecule has 6 heteroatoms. The molecule has 0 aliphatic heterocycles. The molecule has 2 rings (SSSR count). The summed E-state index contributed by atoms with van der Waals surface area (Å²) in [6.07, 6.45) is 0.569. The van der Waals surface area contributed by atoms with Gasteiger partial charge in [-0.3, -0.25) is 0 Å². The highest BCUT2D eigenvalue weighted by Gasteiger charge is 2.25. The Balaban J connectivity index is 2.40. The summed E-state index contributed by atoms with van der Waals surface area (Å²) in [6, 6.07) is 9.52. The van der Waals surface area contributed by atoms with Crippen LogP contribution in [0.15, 0.2) is 30.3 Å². The van der Waals surface area contributed by atoms with Crippen molar-refractivity contribution in [2.24, 2.45) is 5.73 Å². The first-order valence-electron chi connectivity index (χ1n) is 8.20. The van der Waals surface area contributed by atoms with Crippen LogP contribution < -0.4 is 29.4 Å². The topological polar surface area (TPSA) is 72.2 Å². The molecule has 2 aromatic rings. The van der Waals surface area contributed by atoms with Gasteiger partial charge in [-0.2, -0.15) is 0 Å². The molecule has 1 unspecified atom stereocenters. The Morgan fingerprint density at radius 3 is 1.73 bits per heavy atom. The number of ether oxygens (including phenoxy) is 5. The van der Waals surface area contributed by atoms with E-state index in [4.69, 9.17) is 29.4 Å². The minimum Gasteiger partial charge on any atom is -0.493 e. The Hall–Kier alpha value is -2.60. The third-order valence-corrected chi connectivity index (χ3v) is 4.34. The number of hydrogen-bond donors (Lipinski definition) is 1. The highest BCUT2D eigenvalue weighted by atomic mass is 16.5. The van der Waals surface area contributed by atoms with Crippen LogP contribution in [0.2, 0.25) is 0 Å². The maximum absolute atomic E-state index is 6.63. The van der Waals surface area contributed by atoms with Gasteiger partial charge in [-0.15, -0.1) is 0 Å². The van der Waals surface area contributed by atoms with E-state index in [-0.39, 0.29) is 0 Å². The van der Waals surface area contributed by atoms with Crippen molar-refractivity contribution in [2.45, 2.75) is 18.9 Å². The monoisotopic (exact) mass is 361 g/mol. The van der Waals surface area contributed by atoms with Crippen molar-refractivity contribution in [1.29, 1.82) is 0 Å². The molecule has 2 N–H and O–H groups in total. The minimum atomic E-state index is -0.635. The first-order valence-corrected chi connectivity index (χ1v) is 8.20. The lowest BCUT2D eigenvalue weighted by molar-refractivity contribution is 0.323. The quantitative estimate of drug-likeness (QED) is 0.779. The van der Waals surface area contributed by atoms with E-state index in [1.54, 1.807) is 35.5 Å². The molecule has 0 saturated carbocycles. The van der Waals surface area contributed by atoms with Crippen LogP contribution >= 0.6 is 0 Å². The zero-order valence-electron chi connectivity index (χ0n) is 16.2. The Morgan fingerprint density at radius 2 is 1.27 bits per heavy atom. The van der Waals surface area contributed by atoms with Crippen LogP contribution in [0.4, 0.5) is 0 Å². The molecule has 1 atom stereocenters. The predicted molar refractivity (Wildman–Crippen MR) is 101 cm³/mol. The molecule has 0 amide bonds. The Bertz CT molecular complexity index is 733. The first-order chi connectivity index (χ1) is 12.4. The molecule has 0 aliphatic rings. The van der Waals surface area contributed by atoms with Crippen LogP contribution in [0.25, 0.3) is 0 Å². The van der Waals surface area contributed by atoms with E-state index in [2.05, 4.69) is 0 Å². The van der Waals surface area contributed by atoms with Gasteiger partial charge in [-0.25, -0.2) is 0 Å². The first kappa shape index (κ1) is 19.7. The maximum Gasteiger partial charge on any atom is 0.203 e. The smallest absolute Gasteiger partial charge is 0.203 e. The molecule has 0 saturated heterocycles. The maximum atomic E-state index is 6.63. The van der Waals surface area contributed by atoms with E-state index in [1.165, 1.54) is 0 Å². The van der Waals surface area contributed by atoms with Crippen molar-refractivity contribution in [3.63, 3.8) is 0 Å². The van der Waals surface area contributed by atoms with Crippen LogP contribution in [-0.2, 0) is 12.0 Å². The predicted octanol–water partition coefficient (Wildman–Crippen LogP) is 3.15. The zero-order chi connectivity index (χ0) is 19.3. The Kier molecular flexibility index (Phi) is 6.21. The fourth-order valence-electron chi connectivity index (χ4n) is 2.96. The molecule has 0 radical (unpaired) electrons. The van der Waals surface area contributed by atoms with Crippen molar-refractivity contribution < 1.29 is 23.7 Å². The molecule has 6 nitrogen and oxygen atoms in total. The van der Waals surface area contributed by atoms with Crippen LogP contribution in [0.5, 0.6) is 28.7 Å². The molecular weight excluding hydrogens is 334 g/mol. The average Bonchev–Trinajstić information content (AvgIpc) is 2.65. The molecule has 2 aromatic carbocycles. The van der Waals surface area contributed by atoms with Crippen molar-refractivity contribution in [1.82, 2.24) is 0 Å². The van der Waals surface area contributed by atoms with Gasteiger partial charge in [0.2, 0.25) is 5.75 Å². The molecule has 26 heavy (non-hydrogen) atoms. The fourth-order valence-corrected chi connectivity index (χ4v) is 2.96. The fraction of sp³-hybridized carbons (Fsp3) is 0.400. The number of rotatable bonds is 8. The number of hydrogen-bond acceptors (Lipinski definition) is 6. The van der Waals surface area contributed by atoms with Crippen LogP contribution in [-0.4, -0.2) is 35.5 Å². The van der Waals surface area contributed by atoms with Gasteiger partial charge in [0.25, 0.3) is 0 Å². The largest absolute Gasteiger partial charge is 0.493 e. The normalized spacial score (nSPS) is 12.9. The van der Waals surface area contributed by atoms with Gasteiger partial charge in [-0.1, -0.05) is 6.07 Å². The minimum absolute atomic E-state index is 0.559. The summed E-state index contributed by atoms with van der Waals surface area (Å²) in [5.74, 6) is 3.07. The second-order valence-electron chi connectivity index (χ2n) is 6.20. The van der Waals surface area contributed by atoms with Crippen LogP contribution in [0.3, 0.4) is 0 Å². The lowest BCUT2D eigenvalue weighted by Gasteiger charge is -2.27. The van der Waals surface area contributed by atoms with E-state index < -0.39 is 5.54 Å². The highest BCUT2D eigenvalue weighted by Crippen LogP contribution is 2.40. The molecule has 142 valence electrons. The number of benzene rings is 2. The van der Waals surface area contributed by atoms with Crippen molar-refractivity contribution in [2.75, 3.05) is 35.5 Å². The van der Waals surface area contributed by atoms with Gasteiger partial charge in [0.05, 0.1) is 35.5 Å². The van der Waals surface area contributed by atoms with E-state index in [1.807, 2.05) is 37.3 Å². The van der Waals surface area contributed by atoms with Crippen molar-refractivity contribution in [3.8, 4) is 28.7 Å². The second kappa shape index (κ2) is 8.19. The lowest BCUT2D eigenvalue weighted by Crippen LogP contribution is -2.35. The molecule has 0 fully saturated rings. The molecule has 0 bridgehead atoms. The van der Waals surface area contributed by atoms with Gasteiger partial charge < -0.3 is 29.4 Å². The molecule has 0 heterocycles. The highest BCUT2D eigenvalue weighted by molar-refractivity contribution is 5.54. The summed E-state index contributed by atoms with van der Waals surface area (Å²) < 4.78 is 26.9. The van der Waals surface area contributed by atoms with Gasteiger partial charge in [0.1, 0.15) is 0 Å². The summed E-state index contributed by atoms with van der Waals surface area (Å²) in [5, 5.41) is 0. The van der Waals surface area contributed by atoms with Gasteiger partial charge >= 0.3 is 0 Å². The summed E-state index contributed by atoms with van der Waals surface area (Å²) in [6.45, 7) is 1.97. The summed E-state index contributed by atoms with van der Waals surface area (Å²) in [5.41, 5.74) is 7.90. The summed E-state index contributed by atoms with van der Waals surface area (Å²) >= 11 is 0. The van der Waals surface area contributed by atoms with Crippen LogP contribution in [0, 0.1) is 0 Å². The Morgan fingerprint density at radius 1 is 0.731 bits per heavy atom. The second-order valence-corrected chi connectivity index (χ2v) is 6.20. The van der Waals surface area contributed by atoms with E-state index in [9.17, 15) is 0 Å². The van der Waals surface area contributed by atoms with Crippen molar-refractivity contribution >= 4 is 0 Å². The summed E-state index contributed by atoms with van der Waals surface area (Å²) in [7, 11) is 7.98. The SMILES string of the molecule is COc1ccc(C(C)(N)Cc2cc(OC)c(OC)c(OC)c2)cc1OC. The Labute approximate surface area is 154 Å².